The molecule has 148 valence electrons. The smallest absolute Gasteiger partial charge is 0.267 e. The maximum atomic E-state index is 12.5. The van der Waals surface area contributed by atoms with Gasteiger partial charge < -0.3 is 0 Å². The van der Waals surface area contributed by atoms with E-state index in [1.54, 1.807) is 6.07 Å². The molecule has 1 heterocycles. The molecule has 2 aromatic carbocycles. The summed E-state index contributed by atoms with van der Waals surface area (Å²) in [6, 6.07) is 11.2. The van der Waals surface area contributed by atoms with Gasteiger partial charge in [-0.25, -0.2) is 8.42 Å². The molecule has 2 amide bonds. The van der Waals surface area contributed by atoms with Crippen LogP contribution in [0.3, 0.4) is 0 Å². The van der Waals surface area contributed by atoms with Crippen LogP contribution >= 0.6 is 0 Å². The normalized spacial score (nSPS) is 14.6. The minimum absolute atomic E-state index is 0.158. The SMILES string of the molecule is Cc1ccc(C)c(C(=O)NNC(=O)c2ccc(S(=O)(=O)N3CCCC3)cc2)c1. The third kappa shape index (κ3) is 4.23. The summed E-state index contributed by atoms with van der Waals surface area (Å²) in [5, 5.41) is 0. The van der Waals surface area contributed by atoms with Gasteiger partial charge in [-0.15, -0.1) is 0 Å². The third-order valence-corrected chi connectivity index (χ3v) is 6.66. The first-order chi connectivity index (χ1) is 13.3. The van der Waals surface area contributed by atoms with Crippen molar-refractivity contribution in [3.63, 3.8) is 0 Å². The Hall–Kier alpha value is -2.71. The number of nitrogens with one attached hydrogen (secondary N) is 2. The van der Waals surface area contributed by atoms with Gasteiger partial charge in [-0.2, -0.15) is 4.31 Å². The predicted octanol–water partition coefficient (Wildman–Crippen LogP) is 2.16. The molecule has 3 rings (SSSR count). The van der Waals surface area contributed by atoms with Crippen LogP contribution in [0, 0.1) is 13.8 Å². The van der Waals surface area contributed by atoms with Gasteiger partial charge in [0.1, 0.15) is 0 Å². The van der Waals surface area contributed by atoms with Crippen molar-refractivity contribution in [3.8, 4) is 0 Å². The first-order valence-electron chi connectivity index (χ1n) is 9.07. The van der Waals surface area contributed by atoms with E-state index in [0.29, 0.717) is 18.7 Å². The Balaban J connectivity index is 1.65. The molecule has 1 saturated heterocycles. The fourth-order valence-corrected chi connectivity index (χ4v) is 4.61. The molecule has 0 aromatic heterocycles. The Labute approximate surface area is 164 Å². The molecule has 8 heteroatoms. The number of carbonyl (C=O) groups excluding carboxylic acids is 2. The number of amides is 2. The summed E-state index contributed by atoms with van der Waals surface area (Å²) in [5.41, 5.74) is 7.22. The van der Waals surface area contributed by atoms with Gasteiger partial charge in [-0.05, 0) is 62.6 Å². The highest BCUT2D eigenvalue weighted by molar-refractivity contribution is 7.89. The number of benzene rings is 2. The predicted molar refractivity (Wildman–Crippen MR) is 105 cm³/mol. The van der Waals surface area contributed by atoms with Gasteiger partial charge in [0.25, 0.3) is 11.8 Å². The summed E-state index contributed by atoms with van der Waals surface area (Å²) in [6.45, 7) is 4.74. The van der Waals surface area contributed by atoms with Crippen molar-refractivity contribution in [1.29, 1.82) is 0 Å². The van der Waals surface area contributed by atoms with Gasteiger partial charge in [0.15, 0.2) is 0 Å². The minimum atomic E-state index is -3.52. The second-order valence-corrected chi connectivity index (χ2v) is 8.80. The lowest BCUT2D eigenvalue weighted by atomic mass is 10.1. The topological polar surface area (TPSA) is 95.6 Å². The molecule has 0 saturated carbocycles. The van der Waals surface area contributed by atoms with Gasteiger partial charge >= 0.3 is 0 Å². The van der Waals surface area contributed by atoms with Crippen molar-refractivity contribution in [2.45, 2.75) is 31.6 Å². The van der Waals surface area contributed by atoms with Crippen molar-refractivity contribution in [2.24, 2.45) is 0 Å². The Morgan fingerprint density at radius 3 is 2.14 bits per heavy atom. The van der Waals surface area contributed by atoms with Crippen LogP contribution in [0.15, 0.2) is 47.4 Å². The summed E-state index contributed by atoms with van der Waals surface area (Å²) in [5.74, 6) is -0.938. The summed E-state index contributed by atoms with van der Waals surface area (Å²) in [6.07, 6.45) is 1.72. The van der Waals surface area contributed by atoms with E-state index in [2.05, 4.69) is 10.9 Å². The quantitative estimate of drug-likeness (QED) is 0.768. The number of aryl methyl sites for hydroxylation is 2. The van der Waals surface area contributed by atoms with E-state index in [1.165, 1.54) is 28.6 Å². The standard InChI is InChI=1S/C20H23N3O4S/c1-14-5-6-15(2)18(13-14)20(25)22-21-19(24)16-7-9-17(10-8-16)28(26,27)23-11-3-4-12-23/h5-10,13H,3-4,11-12H2,1-2H3,(H,21,24)(H,22,25). The number of hydrogen-bond acceptors (Lipinski definition) is 4. The molecule has 1 aliphatic rings. The fourth-order valence-electron chi connectivity index (χ4n) is 3.09. The molecular formula is C20H23N3O4S. The van der Waals surface area contributed by atoms with E-state index in [4.69, 9.17) is 0 Å². The van der Waals surface area contributed by atoms with E-state index in [-0.39, 0.29) is 10.5 Å². The van der Waals surface area contributed by atoms with E-state index in [1.807, 2.05) is 26.0 Å². The Kier molecular flexibility index (Phi) is 5.81. The molecule has 0 atom stereocenters. The lowest BCUT2D eigenvalue weighted by Gasteiger charge is -2.15. The highest BCUT2D eigenvalue weighted by Crippen LogP contribution is 2.21. The van der Waals surface area contributed by atoms with Crippen molar-refractivity contribution in [1.82, 2.24) is 15.2 Å². The molecule has 0 radical (unpaired) electrons. The average Bonchev–Trinajstić information content (AvgIpc) is 3.23. The average molecular weight is 401 g/mol. The molecule has 0 unspecified atom stereocenters. The zero-order valence-electron chi connectivity index (χ0n) is 15.9. The number of nitrogens with zero attached hydrogens (tertiary/aromatic N) is 1. The molecular weight excluding hydrogens is 378 g/mol. The first-order valence-corrected chi connectivity index (χ1v) is 10.5. The molecule has 0 spiro atoms. The van der Waals surface area contributed by atoms with Gasteiger partial charge in [0.2, 0.25) is 10.0 Å². The van der Waals surface area contributed by atoms with Crippen LogP contribution in [-0.4, -0.2) is 37.6 Å². The zero-order chi connectivity index (χ0) is 20.3. The van der Waals surface area contributed by atoms with Crippen LogP contribution in [0.2, 0.25) is 0 Å². The van der Waals surface area contributed by atoms with E-state index in [9.17, 15) is 18.0 Å². The molecule has 7 nitrogen and oxygen atoms in total. The molecule has 1 fully saturated rings. The molecule has 0 aliphatic carbocycles. The van der Waals surface area contributed by atoms with E-state index in [0.717, 1.165) is 24.0 Å². The molecule has 2 aromatic rings. The Morgan fingerprint density at radius 2 is 1.50 bits per heavy atom. The van der Waals surface area contributed by atoms with Crippen LogP contribution in [0.25, 0.3) is 0 Å². The Morgan fingerprint density at radius 1 is 0.893 bits per heavy atom. The highest BCUT2D eigenvalue weighted by Gasteiger charge is 2.27. The largest absolute Gasteiger partial charge is 0.269 e. The van der Waals surface area contributed by atoms with Crippen LogP contribution in [0.5, 0.6) is 0 Å². The summed E-state index contributed by atoms with van der Waals surface area (Å²) in [7, 11) is -3.52. The number of rotatable bonds is 4. The molecule has 2 N–H and O–H groups in total. The summed E-state index contributed by atoms with van der Waals surface area (Å²) in [4.78, 5) is 24.7. The number of sulfonamides is 1. The van der Waals surface area contributed by atoms with Crippen molar-refractivity contribution in [3.05, 3.63) is 64.7 Å². The van der Waals surface area contributed by atoms with Crippen molar-refractivity contribution < 1.29 is 18.0 Å². The van der Waals surface area contributed by atoms with Gasteiger partial charge in [-0.1, -0.05) is 17.7 Å². The van der Waals surface area contributed by atoms with Crippen molar-refractivity contribution in [2.75, 3.05) is 13.1 Å². The van der Waals surface area contributed by atoms with Crippen LogP contribution in [0.1, 0.15) is 44.7 Å². The second kappa shape index (κ2) is 8.12. The lowest BCUT2D eigenvalue weighted by Crippen LogP contribution is -2.41. The summed E-state index contributed by atoms with van der Waals surface area (Å²) < 4.78 is 26.5. The van der Waals surface area contributed by atoms with Crippen LogP contribution < -0.4 is 10.9 Å². The van der Waals surface area contributed by atoms with Crippen LogP contribution in [0.4, 0.5) is 0 Å². The van der Waals surface area contributed by atoms with Gasteiger partial charge in [-0.3, -0.25) is 20.4 Å². The maximum absolute atomic E-state index is 12.5. The van der Waals surface area contributed by atoms with E-state index < -0.39 is 21.8 Å². The maximum Gasteiger partial charge on any atom is 0.269 e. The summed E-state index contributed by atoms with van der Waals surface area (Å²) >= 11 is 0. The van der Waals surface area contributed by atoms with Crippen LogP contribution in [-0.2, 0) is 10.0 Å². The molecule has 1 aliphatic heterocycles. The highest BCUT2D eigenvalue weighted by atomic mass is 32.2. The molecule has 0 bridgehead atoms. The third-order valence-electron chi connectivity index (χ3n) is 4.75. The fraction of sp³-hybridized carbons (Fsp3) is 0.300. The monoisotopic (exact) mass is 401 g/mol. The Bertz CT molecular complexity index is 995. The number of carbonyl (C=O) groups is 2. The van der Waals surface area contributed by atoms with Gasteiger partial charge in [0.05, 0.1) is 4.90 Å². The first kappa shape index (κ1) is 20.0. The molecule has 28 heavy (non-hydrogen) atoms. The van der Waals surface area contributed by atoms with E-state index >= 15 is 0 Å². The number of hydrazine groups is 1. The van der Waals surface area contributed by atoms with Crippen molar-refractivity contribution >= 4 is 21.8 Å². The van der Waals surface area contributed by atoms with Gasteiger partial charge in [0, 0.05) is 24.2 Å². The second-order valence-electron chi connectivity index (χ2n) is 6.86. The lowest BCUT2D eigenvalue weighted by molar-refractivity contribution is 0.0846. The number of hydrogen-bond donors (Lipinski definition) is 2. The zero-order valence-corrected chi connectivity index (χ0v) is 16.7. The minimum Gasteiger partial charge on any atom is -0.267 e.